The summed E-state index contributed by atoms with van der Waals surface area (Å²) in [6, 6.07) is 5.87. The Morgan fingerprint density at radius 3 is 2.90 bits per heavy atom. The molecule has 3 rings (SSSR count). The molecular weight excluding hydrogens is 273 g/mol. The quantitative estimate of drug-likeness (QED) is 0.671. The summed E-state index contributed by atoms with van der Waals surface area (Å²) in [7, 11) is 1.59. The van der Waals surface area contributed by atoms with Crippen LogP contribution in [0, 0.1) is 17.7 Å². The van der Waals surface area contributed by atoms with E-state index < -0.39 is 5.82 Å². The van der Waals surface area contributed by atoms with Crippen LogP contribution >= 0.6 is 0 Å². The smallest absolute Gasteiger partial charge is 0.274 e. The predicted octanol–water partition coefficient (Wildman–Crippen LogP) is 2.51. The van der Waals surface area contributed by atoms with Crippen LogP contribution in [-0.2, 0) is 0 Å². The second kappa shape index (κ2) is 5.13. The van der Waals surface area contributed by atoms with Crippen molar-refractivity contribution in [3.63, 3.8) is 0 Å². The Bertz CT molecular complexity index is 877. The maximum atomic E-state index is 13.5. The first-order chi connectivity index (χ1) is 10.2. The number of hydrogen-bond acceptors (Lipinski definition) is 5. The molecule has 2 aromatic heterocycles. The van der Waals surface area contributed by atoms with Gasteiger partial charge >= 0.3 is 0 Å². The largest absolute Gasteiger partial charge is 0.508 e. The summed E-state index contributed by atoms with van der Waals surface area (Å²) >= 11 is 0. The number of oxazole rings is 1. The van der Waals surface area contributed by atoms with E-state index in [9.17, 15) is 9.50 Å². The van der Waals surface area contributed by atoms with Crippen LogP contribution in [0.15, 0.2) is 34.9 Å². The Hall–Kier alpha value is -3.07. The summed E-state index contributed by atoms with van der Waals surface area (Å²) in [5, 5.41) is 12.0. The zero-order valence-electron chi connectivity index (χ0n) is 11.0. The van der Waals surface area contributed by atoms with Crippen LogP contribution in [0.3, 0.4) is 0 Å². The number of phenols is 1. The molecule has 2 N–H and O–H groups in total. The molecule has 0 fully saturated rings. The maximum Gasteiger partial charge on any atom is 0.274 e. The third-order valence-electron chi connectivity index (χ3n) is 2.76. The van der Waals surface area contributed by atoms with Gasteiger partial charge in [0.25, 0.3) is 5.89 Å². The van der Waals surface area contributed by atoms with Crippen molar-refractivity contribution < 1.29 is 13.9 Å². The highest BCUT2D eigenvalue weighted by atomic mass is 19.1. The fourth-order valence-electron chi connectivity index (χ4n) is 1.78. The van der Waals surface area contributed by atoms with Gasteiger partial charge in [0, 0.05) is 24.9 Å². The van der Waals surface area contributed by atoms with Crippen molar-refractivity contribution in [2.45, 2.75) is 0 Å². The molecule has 1 aromatic carbocycles. The molecule has 0 aliphatic carbocycles. The zero-order chi connectivity index (χ0) is 14.8. The highest BCUT2D eigenvalue weighted by Crippen LogP contribution is 2.20. The number of pyridine rings is 1. The first-order valence-corrected chi connectivity index (χ1v) is 6.10. The van der Waals surface area contributed by atoms with Crippen molar-refractivity contribution in [2.75, 3.05) is 12.4 Å². The molecule has 6 heteroatoms. The van der Waals surface area contributed by atoms with E-state index in [-0.39, 0.29) is 17.5 Å². The molecular formula is C15H10FN3O2. The minimum atomic E-state index is -0.480. The Labute approximate surface area is 119 Å². The molecule has 2 heterocycles. The molecule has 0 aliphatic heterocycles. The van der Waals surface area contributed by atoms with Gasteiger partial charge in [-0.15, -0.1) is 0 Å². The van der Waals surface area contributed by atoms with E-state index in [1.54, 1.807) is 13.1 Å². The number of fused-ring (bicyclic) bond motifs is 1. The third kappa shape index (κ3) is 2.62. The number of halogens is 1. The SMILES string of the molecule is CNc1ncc(C#Cc2nc3ccc(O)cc3o2)cc1F. The van der Waals surface area contributed by atoms with Crippen molar-refractivity contribution in [2.24, 2.45) is 0 Å². The van der Waals surface area contributed by atoms with E-state index in [4.69, 9.17) is 4.42 Å². The van der Waals surface area contributed by atoms with Crippen molar-refractivity contribution in [1.29, 1.82) is 0 Å². The molecule has 5 nitrogen and oxygen atoms in total. The van der Waals surface area contributed by atoms with Gasteiger partial charge < -0.3 is 14.8 Å². The molecule has 0 saturated carbocycles. The number of aromatic nitrogens is 2. The summed E-state index contributed by atoms with van der Waals surface area (Å²) in [5.74, 6) is 5.39. The summed E-state index contributed by atoms with van der Waals surface area (Å²) in [4.78, 5) is 8.04. The highest BCUT2D eigenvalue weighted by molar-refractivity contribution is 5.74. The van der Waals surface area contributed by atoms with Crippen molar-refractivity contribution in [1.82, 2.24) is 9.97 Å². The van der Waals surface area contributed by atoms with Crippen LogP contribution in [0.25, 0.3) is 11.1 Å². The second-order valence-corrected chi connectivity index (χ2v) is 4.23. The number of hydrogen-bond donors (Lipinski definition) is 2. The number of aromatic hydroxyl groups is 1. The monoisotopic (exact) mass is 283 g/mol. The van der Waals surface area contributed by atoms with E-state index in [0.29, 0.717) is 16.7 Å². The van der Waals surface area contributed by atoms with Crippen LogP contribution in [0.2, 0.25) is 0 Å². The molecule has 0 unspecified atom stereocenters. The van der Waals surface area contributed by atoms with Crippen LogP contribution < -0.4 is 5.32 Å². The van der Waals surface area contributed by atoms with Crippen LogP contribution in [0.4, 0.5) is 10.2 Å². The van der Waals surface area contributed by atoms with Gasteiger partial charge in [-0.3, -0.25) is 0 Å². The van der Waals surface area contributed by atoms with E-state index in [1.165, 1.54) is 24.4 Å². The van der Waals surface area contributed by atoms with Crippen molar-refractivity contribution in [3.8, 4) is 17.6 Å². The average molecular weight is 283 g/mol. The number of nitrogens with zero attached hydrogens (tertiary/aromatic N) is 2. The van der Waals surface area contributed by atoms with E-state index >= 15 is 0 Å². The fourth-order valence-corrected chi connectivity index (χ4v) is 1.78. The maximum absolute atomic E-state index is 13.5. The zero-order valence-corrected chi connectivity index (χ0v) is 11.0. The fraction of sp³-hybridized carbons (Fsp3) is 0.0667. The highest BCUT2D eigenvalue weighted by Gasteiger charge is 2.04. The molecule has 0 saturated heterocycles. The van der Waals surface area contributed by atoms with Crippen LogP contribution in [-0.4, -0.2) is 22.1 Å². The molecule has 0 spiro atoms. The number of nitrogens with one attached hydrogen (secondary N) is 1. The van der Waals surface area contributed by atoms with Gasteiger partial charge in [-0.25, -0.2) is 14.4 Å². The lowest BCUT2D eigenvalue weighted by Gasteiger charge is -1.99. The first-order valence-electron chi connectivity index (χ1n) is 6.10. The van der Waals surface area contributed by atoms with Gasteiger partial charge in [-0.1, -0.05) is 5.92 Å². The lowest BCUT2D eigenvalue weighted by molar-refractivity contribution is 0.474. The molecule has 0 atom stereocenters. The van der Waals surface area contributed by atoms with Gasteiger partial charge in [0.05, 0.1) is 0 Å². The number of anilines is 1. The summed E-state index contributed by atoms with van der Waals surface area (Å²) in [6.45, 7) is 0. The molecule has 0 radical (unpaired) electrons. The lowest BCUT2D eigenvalue weighted by Crippen LogP contribution is -1.96. The van der Waals surface area contributed by atoms with Gasteiger partial charge in [-0.05, 0) is 24.1 Å². The summed E-state index contributed by atoms with van der Waals surface area (Å²) in [5.41, 5.74) is 1.44. The van der Waals surface area contributed by atoms with Gasteiger partial charge in [0.2, 0.25) is 0 Å². The molecule has 104 valence electrons. The van der Waals surface area contributed by atoms with E-state index in [0.717, 1.165) is 0 Å². The number of phenolic OH excluding ortho intramolecular Hbond substituents is 1. The molecule has 21 heavy (non-hydrogen) atoms. The predicted molar refractivity (Wildman–Crippen MR) is 75.4 cm³/mol. The standard InChI is InChI=1S/C15H10FN3O2/c1-17-15-11(16)6-9(8-18-15)2-5-14-19-12-4-3-10(20)7-13(12)21-14/h3-4,6-8,20H,1H3,(H,17,18). The molecule has 0 bridgehead atoms. The number of benzene rings is 1. The Morgan fingerprint density at radius 1 is 1.29 bits per heavy atom. The van der Waals surface area contributed by atoms with Gasteiger partial charge in [0.1, 0.15) is 11.3 Å². The van der Waals surface area contributed by atoms with E-state index in [1.807, 2.05) is 0 Å². The van der Waals surface area contributed by atoms with Gasteiger partial charge in [0.15, 0.2) is 17.2 Å². The van der Waals surface area contributed by atoms with Gasteiger partial charge in [-0.2, -0.15) is 0 Å². The lowest BCUT2D eigenvalue weighted by atomic mass is 10.3. The molecule has 3 aromatic rings. The third-order valence-corrected chi connectivity index (χ3v) is 2.76. The normalized spacial score (nSPS) is 10.2. The Morgan fingerprint density at radius 2 is 2.14 bits per heavy atom. The summed E-state index contributed by atoms with van der Waals surface area (Å²) < 4.78 is 18.9. The topological polar surface area (TPSA) is 71.2 Å². The minimum absolute atomic E-state index is 0.0899. The Balaban J connectivity index is 1.93. The van der Waals surface area contributed by atoms with E-state index in [2.05, 4.69) is 27.1 Å². The van der Waals surface area contributed by atoms with Crippen molar-refractivity contribution >= 4 is 16.9 Å². The minimum Gasteiger partial charge on any atom is -0.508 e. The average Bonchev–Trinajstić information content (AvgIpc) is 2.87. The number of rotatable bonds is 1. The molecule has 0 amide bonds. The van der Waals surface area contributed by atoms with Crippen molar-refractivity contribution in [3.05, 3.63) is 47.7 Å². The second-order valence-electron chi connectivity index (χ2n) is 4.23. The summed E-state index contributed by atoms with van der Waals surface area (Å²) in [6.07, 6.45) is 1.45. The van der Waals surface area contributed by atoms with Crippen LogP contribution in [0.5, 0.6) is 5.75 Å². The molecule has 0 aliphatic rings. The van der Waals surface area contributed by atoms with Crippen LogP contribution in [0.1, 0.15) is 11.5 Å². The Kier molecular flexibility index (Phi) is 3.16. The first kappa shape index (κ1) is 12.9.